The van der Waals surface area contributed by atoms with Crippen LogP contribution in [0, 0.1) is 13.8 Å². The summed E-state index contributed by atoms with van der Waals surface area (Å²) >= 11 is 0. The SMILES string of the molecule is CC.Cc1cc2cccnc2nc1C. The maximum absolute atomic E-state index is 4.36. The van der Waals surface area contributed by atoms with Crippen LogP contribution in [0.2, 0.25) is 0 Å². The van der Waals surface area contributed by atoms with E-state index in [1.807, 2.05) is 32.9 Å². The number of fused-ring (bicyclic) bond motifs is 1. The lowest BCUT2D eigenvalue weighted by Crippen LogP contribution is -1.89. The number of aryl methyl sites for hydroxylation is 2. The molecule has 2 rings (SSSR count). The van der Waals surface area contributed by atoms with Gasteiger partial charge in [0.1, 0.15) is 0 Å². The van der Waals surface area contributed by atoms with Crippen molar-refractivity contribution in [2.75, 3.05) is 0 Å². The van der Waals surface area contributed by atoms with Crippen LogP contribution in [0.3, 0.4) is 0 Å². The predicted molar refractivity (Wildman–Crippen MR) is 60.4 cm³/mol. The zero-order chi connectivity index (χ0) is 10.6. The third-order valence-electron chi connectivity index (χ3n) is 2.03. The Morgan fingerprint density at radius 1 is 1.14 bits per heavy atom. The highest BCUT2D eigenvalue weighted by Crippen LogP contribution is 2.12. The van der Waals surface area contributed by atoms with Crippen LogP contribution in [-0.2, 0) is 0 Å². The average molecular weight is 188 g/mol. The minimum absolute atomic E-state index is 0.834. The molecule has 2 aromatic heterocycles. The zero-order valence-electron chi connectivity index (χ0n) is 9.20. The van der Waals surface area contributed by atoms with Gasteiger partial charge in [-0.1, -0.05) is 13.8 Å². The smallest absolute Gasteiger partial charge is 0.159 e. The van der Waals surface area contributed by atoms with Gasteiger partial charge < -0.3 is 0 Å². The minimum atomic E-state index is 0.834. The van der Waals surface area contributed by atoms with E-state index in [9.17, 15) is 0 Å². The van der Waals surface area contributed by atoms with Crippen molar-refractivity contribution in [3.8, 4) is 0 Å². The van der Waals surface area contributed by atoms with Crippen molar-refractivity contribution < 1.29 is 0 Å². The Kier molecular flexibility index (Phi) is 3.57. The van der Waals surface area contributed by atoms with Crippen LogP contribution in [0.25, 0.3) is 11.0 Å². The number of hydrogen-bond acceptors (Lipinski definition) is 2. The summed E-state index contributed by atoms with van der Waals surface area (Å²) in [6.07, 6.45) is 1.77. The number of hydrogen-bond donors (Lipinski definition) is 0. The molecule has 2 aromatic rings. The second kappa shape index (κ2) is 4.70. The van der Waals surface area contributed by atoms with Crippen molar-refractivity contribution in [3.63, 3.8) is 0 Å². The third-order valence-corrected chi connectivity index (χ3v) is 2.03. The Morgan fingerprint density at radius 3 is 2.57 bits per heavy atom. The zero-order valence-corrected chi connectivity index (χ0v) is 9.20. The first-order chi connectivity index (χ1) is 6.77. The Hall–Kier alpha value is -1.44. The fourth-order valence-corrected chi connectivity index (χ4v) is 1.20. The van der Waals surface area contributed by atoms with Gasteiger partial charge in [0.25, 0.3) is 0 Å². The van der Waals surface area contributed by atoms with Crippen molar-refractivity contribution in [2.45, 2.75) is 27.7 Å². The summed E-state index contributed by atoms with van der Waals surface area (Å²) in [6.45, 7) is 8.07. The molecule has 0 aromatic carbocycles. The summed E-state index contributed by atoms with van der Waals surface area (Å²) < 4.78 is 0. The normalized spacial score (nSPS) is 9.43. The largest absolute Gasteiger partial charge is 0.237 e. The van der Waals surface area contributed by atoms with Crippen LogP contribution in [0.4, 0.5) is 0 Å². The van der Waals surface area contributed by atoms with Crippen LogP contribution >= 0.6 is 0 Å². The molecule has 0 radical (unpaired) electrons. The predicted octanol–water partition coefficient (Wildman–Crippen LogP) is 3.27. The Morgan fingerprint density at radius 2 is 1.86 bits per heavy atom. The van der Waals surface area contributed by atoms with Crippen molar-refractivity contribution in [3.05, 3.63) is 35.7 Å². The molecule has 0 unspecified atom stereocenters. The molecule has 14 heavy (non-hydrogen) atoms. The van der Waals surface area contributed by atoms with Crippen LogP contribution in [0.1, 0.15) is 25.1 Å². The Bertz CT molecular complexity index is 381. The van der Waals surface area contributed by atoms with Gasteiger partial charge in [-0.05, 0) is 37.6 Å². The van der Waals surface area contributed by atoms with Gasteiger partial charge in [0.2, 0.25) is 0 Å². The molecule has 2 heteroatoms. The molecule has 0 spiro atoms. The highest BCUT2D eigenvalue weighted by atomic mass is 14.8. The Balaban J connectivity index is 0.000000461. The summed E-state index contributed by atoms with van der Waals surface area (Å²) in [5, 5.41) is 1.11. The van der Waals surface area contributed by atoms with Crippen molar-refractivity contribution >= 4 is 11.0 Å². The van der Waals surface area contributed by atoms with Gasteiger partial charge in [0.05, 0.1) is 0 Å². The first-order valence-electron chi connectivity index (χ1n) is 4.96. The highest BCUT2D eigenvalue weighted by Gasteiger charge is 1.97. The molecule has 74 valence electrons. The van der Waals surface area contributed by atoms with E-state index < -0.39 is 0 Å². The Labute approximate surface area is 85.0 Å². The monoisotopic (exact) mass is 188 g/mol. The van der Waals surface area contributed by atoms with E-state index in [-0.39, 0.29) is 0 Å². The fraction of sp³-hybridized carbons (Fsp3) is 0.333. The molecule has 0 N–H and O–H groups in total. The van der Waals surface area contributed by atoms with Gasteiger partial charge in [-0.3, -0.25) is 0 Å². The standard InChI is InChI=1S/C10H10N2.C2H6/c1-7-6-9-4-3-5-11-10(9)12-8(7)2;1-2/h3-6H,1-2H3;1-2H3. The van der Waals surface area contributed by atoms with Gasteiger partial charge in [-0.25, -0.2) is 9.97 Å². The van der Waals surface area contributed by atoms with E-state index in [1.165, 1.54) is 5.56 Å². The van der Waals surface area contributed by atoms with Gasteiger partial charge in [0, 0.05) is 17.3 Å². The summed E-state index contributed by atoms with van der Waals surface area (Å²) in [4.78, 5) is 8.54. The molecule has 0 aliphatic carbocycles. The summed E-state index contributed by atoms with van der Waals surface area (Å²) in [7, 11) is 0. The highest BCUT2D eigenvalue weighted by molar-refractivity contribution is 5.75. The number of aromatic nitrogens is 2. The molecule has 0 amide bonds. The lowest BCUT2D eigenvalue weighted by atomic mass is 10.2. The maximum Gasteiger partial charge on any atom is 0.159 e. The molecule has 0 aliphatic rings. The lowest BCUT2D eigenvalue weighted by Gasteiger charge is -2.00. The third kappa shape index (κ3) is 2.08. The van der Waals surface area contributed by atoms with Crippen LogP contribution in [0.5, 0.6) is 0 Å². The molecule has 2 nitrogen and oxygen atoms in total. The minimum Gasteiger partial charge on any atom is -0.237 e. The van der Waals surface area contributed by atoms with Gasteiger partial charge in [-0.15, -0.1) is 0 Å². The summed E-state index contributed by atoms with van der Waals surface area (Å²) in [5.74, 6) is 0. The van der Waals surface area contributed by atoms with Crippen molar-refractivity contribution in [1.29, 1.82) is 0 Å². The quantitative estimate of drug-likeness (QED) is 0.634. The molecular formula is C12H16N2. The van der Waals surface area contributed by atoms with Crippen molar-refractivity contribution in [2.24, 2.45) is 0 Å². The maximum atomic E-state index is 4.36. The molecule has 2 heterocycles. The molecular weight excluding hydrogens is 172 g/mol. The van der Waals surface area contributed by atoms with Crippen LogP contribution in [-0.4, -0.2) is 9.97 Å². The summed E-state index contributed by atoms with van der Waals surface area (Å²) in [6, 6.07) is 6.07. The van der Waals surface area contributed by atoms with E-state index in [0.717, 1.165) is 16.7 Å². The second-order valence-corrected chi connectivity index (χ2v) is 2.94. The van der Waals surface area contributed by atoms with E-state index in [2.05, 4.69) is 23.0 Å². The molecule has 0 fully saturated rings. The van der Waals surface area contributed by atoms with Crippen LogP contribution in [0.15, 0.2) is 24.4 Å². The number of nitrogens with zero attached hydrogens (tertiary/aromatic N) is 2. The second-order valence-electron chi connectivity index (χ2n) is 2.94. The van der Waals surface area contributed by atoms with Crippen LogP contribution < -0.4 is 0 Å². The lowest BCUT2D eigenvalue weighted by molar-refractivity contribution is 1.16. The van der Waals surface area contributed by atoms with E-state index in [4.69, 9.17) is 0 Å². The first kappa shape index (κ1) is 10.6. The van der Waals surface area contributed by atoms with E-state index in [0.29, 0.717) is 0 Å². The molecule has 0 aliphatic heterocycles. The van der Waals surface area contributed by atoms with Gasteiger partial charge in [0.15, 0.2) is 5.65 Å². The molecule has 0 saturated heterocycles. The first-order valence-corrected chi connectivity index (χ1v) is 4.96. The molecule has 0 saturated carbocycles. The van der Waals surface area contributed by atoms with E-state index in [1.54, 1.807) is 6.20 Å². The average Bonchev–Trinajstić information content (AvgIpc) is 2.23. The van der Waals surface area contributed by atoms with Crippen molar-refractivity contribution in [1.82, 2.24) is 9.97 Å². The molecule has 0 atom stereocenters. The summed E-state index contributed by atoms with van der Waals surface area (Å²) in [5.41, 5.74) is 3.11. The topological polar surface area (TPSA) is 25.8 Å². The number of rotatable bonds is 0. The fourth-order valence-electron chi connectivity index (χ4n) is 1.20. The van der Waals surface area contributed by atoms with Gasteiger partial charge in [-0.2, -0.15) is 0 Å². The van der Waals surface area contributed by atoms with E-state index >= 15 is 0 Å². The number of pyridine rings is 2. The molecule has 0 bridgehead atoms. The van der Waals surface area contributed by atoms with Gasteiger partial charge >= 0.3 is 0 Å².